The molecule has 0 saturated carbocycles. The number of carbonyl (C=O) groups excluding carboxylic acids is 2. The van der Waals surface area contributed by atoms with E-state index in [9.17, 15) is 18.0 Å². The summed E-state index contributed by atoms with van der Waals surface area (Å²) in [4.78, 5) is 27.6. The molecule has 0 atom stereocenters. The highest BCUT2D eigenvalue weighted by molar-refractivity contribution is 9.10. The Balaban J connectivity index is 1.58. The molecule has 2 aromatic carbocycles. The zero-order valence-corrected chi connectivity index (χ0v) is 23.3. The lowest BCUT2D eigenvalue weighted by Crippen LogP contribution is -2.24. The molecule has 0 fully saturated rings. The van der Waals surface area contributed by atoms with Crippen molar-refractivity contribution in [1.82, 2.24) is 4.72 Å². The molecule has 3 aromatic rings. The summed E-state index contributed by atoms with van der Waals surface area (Å²) in [6, 6.07) is 16.4. The number of sulfonamides is 1. The van der Waals surface area contributed by atoms with Gasteiger partial charge in [0.25, 0.3) is 5.91 Å². The molecule has 1 aliphatic heterocycles. The van der Waals surface area contributed by atoms with Crippen LogP contribution in [0.5, 0.6) is 5.75 Å². The van der Waals surface area contributed by atoms with E-state index in [2.05, 4.69) is 20.7 Å². The van der Waals surface area contributed by atoms with Gasteiger partial charge in [-0.3, -0.25) is 9.69 Å². The molecule has 198 valence electrons. The van der Waals surface area contributed by atoms with E-state index in [0.29, 0.717) is 29.5 Å². The van der Waals surface area contributed by atoms with Gasteiger partial charge in [-0.25, -0.2) is 17.9 Å². The van der Waals surface area contributed by atoms with Crippen molar-refractivity contribution in [3.05, 3.63) is 93.5 Å². The van der Waals surface area contributed by atoms with Gasteiger partial charge in [-0.05, 0) is 80.6 Å². The Morgan fingerprint density at radius 1 is 1.08 bits per heavy atom. The summed E-state index contributed by atoms with van der Waals surface area (Å²) in [5.41, 5.74) is 1.18. The molecule has 0 unspecified atom stereocenters. The van der Waals surface area contributed by atoms with Crippen molar-refractivity contribution in [3.63, 3.8) is 0 Å². The van der Waals surface area contributed by atoms with E-state index in [4.69, 9.17) is 13.9 Å². The number of allylic oxidation sites excluding steroid dienone is 1. The van der Waals surface area contributed by atoms with Gasteiger partial charge in [0, 0.05) is 15.9 Å². The summed E-state index contributed by atoms with van der Waals surface area (Å²) in [7, 11) is -2.51. The van der Waals surface area contributed by atoms with Crippen molar-refractivity contribution in [2.45, 2.75) is 25.3 Å². The maximum atomic E-state index is 13.4. The van der Waals surface area contributed by atoms with E-state index in [0.717, 1.165) is 4.47 Å². The van der Waals surface area contributed by atoms with Crippen molar-refractivity contribution >= 4 is 49.6 Å². The second-order valence-electron chi connectivity index (χ2n) is 8.16. The van der Waals surface area contributed by atoms with Crippen molar-refractivity contribution in [2.75, 3.05) is 18.6 Å². The predicted molar refractivity (Wildman–Crippen MR) is 145 cm³/mol. The van der Waals surface area contributed by atoms with Crippen LogP contribution in [-0.2, 0) is 30.9 Å². The number of carbonyl (C=O) groups is 2. The predicted octanol–water partition coefficient (Wildman–Crippen LogP) is 4.80. The molecule has 38 heavy (non-hydrogen) atoms. The van der Waals surface area contributed by atoms with Gasteiger partial charge < -0.3 is 13.9 Å². The molecule has 11 heteroatoms. The number of amides is 1. The topological polar surface area (TPSA) is 115 Å². The Labute approximate surface area is 228 Å². The van der Waals surface area contributed by atoms with Crippen LogP contribution in [0.25, 0.3) is 6.08 Å². The van der Waals surface area contributed by atoms with Crippen LogP contribution in [0.4, 0.5) is 5.69 Å². The Bertz CT molecular complexity index is 1520. The maximum Gasteiger partial charge on any atom is 0.340 e. The van der Waals surface area contributed by atoms with Gasteiger partial charge in [-0.15, -0.1) is 0 Å². The fourth-order valence-corrected chi connectivity index (χ4v) is 5.18. The lowest BCUT2D eigenvalue weighted by atomic mass is 10.1. The molecule has 0 bridgehead atoms. The van der Waals surface area contributed by atoms with Crippen LogP contribution in [0.1, 0.15) is 25.4 Å². The Morgan fingerprint density at radius 3 is 2.39 bits per heavy atom. The number of nitrogens with zero attached hydrogens (tertiary/aromatic N) is 1. The van der Waals surface area contributed by atoms with Gasteiger partial charge in [-0.1, -0.05) is 15.9 Å². The second kappa shape index (κ2) is 11.4. The third-order valence-electron chi connectivity index (χ3n) is 5.72. The minimum Gasteiger partial charge on any atom is -0.494 e. The quantitative estimate of drug-likeness (QED) is 0.277. The van der Waals surface area contributed by atoms with E-state index in [1.165, 1.54) is 30.2 Å². The monoisotopic (exact) mass is 600 g/mol. The summed E-state index contributed by atoms with van der Waals surface area (Å²) >= 11 is 3.28. The lowest BCUT2D eigenvalue weighted by molar-refractivity contribution is -0.136. The average Bonchev–Trinajstić information content (AvgIpc) is 3.45. The van der Waals surface area contributed by atoms with Crippen molar-refractivity contribution in [3.8, 4) is 5.75 Å². The first kappa shape index (κ1) is 27.4. The number of esters is 1. The molecule has 0 radical (unpaired) electrons. The zero-order chi connectivity index (χ0) is 27.4. The number of methoxy groups -OCH3 is 1. The summed E-state index contributed by atoms with van der Waals surface area (Å²) in [5, 5.41) is 0. The highest BCUT2D eigenvalue weighted by atomic mass is 79.9. The highest BCUT2D eigenvalue weighted by Gasteiger charge is 2.38. The number of hydrogen-bond donors (Lipinski definition) is 1. The van der Waals surface area contributed by atoms with Gasteiger partial charge in [0.1, 0.15) is 17.3 Å². The first-order chi connectivity index (χ1) is 18.1. The van der Waals surface area contributed by atoms with E-state index < -0.39 is 21.9 Å². The molecule has 0 spiro atoms. The van der Waals surface area contributed by atoms with E-state index >= 15 is 0 Å². The number of ether oxygens (including phenoxy) is 2. The molecule has 9 nitrogen and oxygen atoms in total. The van der Waals surface area contributed by atoms with Crippen LogP contribution in [0.3, 0.4) is 0 Å². The highest BCUT2D eigenvalue weighted by Crippen LogP contribution is 2.36. The van der Waals surface area contributed by atoms with Crippen molar-refractivity contribution in [1.29, 1.82) is 0 Å². The lowest BCUT2D eigenvalue weighted by Gasteiger charge is -2.18. The van der Waals surface area contributed by atoms with Gasteiger partial charge in [-0.2, -0.15) is 0 Å². The maximum absolute atomic E-state index is 13.4. The largest absolute Gasteiger partial charge is 0.494 e. The van der Waals surface area contributed by atoms with Crippen LogP contribution in [0, 0.1) is 0 Å². The normalized spacial score (nSPS) is 14.9. The van der Waals surface area contributed by atoms with E-state index in [1.807, 2.05) is 6.92 Å². The van der Waals surface area contributed by atoms with E-state index in [-0.39, 0.29) is 28.3 Å². The van der Waals surface area contributed by atoms with Gasteiger partial charge in [0.15, 0.2) is 0 Å². The minimum absolute atomic E-state index is 0.0968. The molecule has 0 aliphatic carbocycles. The zero-order valence-electron chi connectivity index (χ0n) is 20.9. The Morgan fingerprint density at radius 2 is 1.76 bits per heavy atom. The molecule has 1 amide bonds. The van der Waals surface area contributed by atoms with Crippen molar-refractivity contribution in [2.24, 2.45) is 0 Å². The van der Waals surface area contributed by atoms with E-state index in [1.54, 1.807) is 55.5 Å². The summed E-state index contributed by atoms with van der Waals surface area (Å²) in [6.07, 6.45) is 1.44. The Kier molecular flexibility index (Phi) is 8.20. The average molecular weight is 601 g/mol. The summed E-state index contributed by atoms with van der Waals surface area (Å²) in [5.74, 6) is 0.165. The molecule has 0 saturated heterocycles. The van der Waals surface area contributed by atoms with Crippen LogP contribution in [0.15, 0.2) is 91.3 Å². The van der Waals surface area contributed by atoms with Crippen LogP contribution in [-0.4, -0.2) is 34.0 Å². The van der Waals surface area contributed by atoms with Gasteiger partial charge in [0.2, 0.25) is 10.0 Å². The van der Waals surface area contributed by atoms with Gasteiger partial charge in [0.05, 0.1) is 36.3 Å². The number of anilines is 1. The van der Waals surface area contributed by atoms with Crippen LogP contribution < -0.4 is 14.4 Å². The Hall–Kier alpha value is -3.67. The summed E-state index contributed by atoms with van der Waals surface area (Å²) in [6.45, 7) is 3.94. The number of hydrogen-bond acceptors (Lipinski definition) is 7. The number of rotatable bonds is 9. The second-order valence-corrected chi connectivity index (χ2v) is 10.8. The fourth-order valence-electron chi connectivity index (χ4n) is 3.92. The molecule has 1 N–H and O–H groups in total. The molecular weight excluding hydrogens is 576 g/mol. The van der Waals surface area contributed by atoms with Crippen molar-refractivity contribution < 1.29 is 31.9 Å². The number of furan rings is 1. The standard InChI is InChI=1S/C27H25BrN2O7S/c1-4-36-20-9-7-19(8-10-20)30-17(2)25(27(32)35-3)24(26(30)31)15-21-11-12-22(37-21)16-29-38(33,34)23-13-5-18(28)6-14-23/h5-15,29H,4,16H2,1-3H3/b24-15+. The molecule has 1 aromatic heterocycles. The third-order valence-corrected chi connectivity index (χ3v) is 7.67. The van der Waals surface area contributed by atoms with Crippen LogP contribution >= 0.6 is 15.9 Å². The smallest absolute Gasteiger partial charge is 0.340 e. The molecular formula is C27H25BrN2O7S. The minimum atomic E-state index is -3.76. The molecule has 1 aliphatic rings. The SMILES string of the molecule is CCOc1ccc(N2C(=O)/C(=C/c3ccc(CNS(=O)(=O)c4ccc(Br)cc4)o3)C(C(=O)OC)=C2C)cc1. The number of halogens is 1. The molecule has 2 heterocycles. The fraction of sp³-hybridized carbons (Fsp3) is 0.185. The van der Waals surface area contributed by atoms with Gasteiger partial charge >= 0.3 is 5.97 Å². The molecule has 4 rings (SSSR count). The van der Waals surface area contributed by atoms with Crippen LogP contribution in [0.2, 0.25) is 0 Å². The number of benzene rings is 2. The summed E-state index contributed by atoms with van der Waals surface area (Å²) < 4.78 is 44.5. The first-order valence-electron chi connectivity index (χ1n) is 11.6. The number of nitrogens with one attached hydrogen (secondary N) is 1. The third kappa shape index (κ3) is 5.74. The first-order valence-corrected chi connectivity index (χ1v) is 13.8.